The van der Waals surface area contributed by atoms with Crippen LogP contribution in [-0.4, -0.2) is 59.0 Å². The second-order valence-corrected chi connectivity index (χ2v) is 9.14. The van der Waals surface area contributed by atoms with Gasteiger partial charge < -0.3 is 19.7 Å². The van der Waals surface area contributed by atoms with Gasteiger partial charge in [0.2, 0.25) is 10.0 Å². The molecule has 0 saturated heterocycles. The number of hydrogen-bond donors (Lipinski definition) is 1. The van der Waals surface area contributed by atoms with E-state index in [2.05, 4.69) is 5.32 Å². The number of benzene rings is 2. The Labute approximate surface area is 195 Å². The van der Waals surface area contributed by atoms with E-state index in [0.29, 0.717) is 48.1 Å². The fourth-order valence-corrected chi connectivity index (χ4v) is 4.66. The number of carbonyl (C=O) groups excluding carboxylic acids is 1. The molecule has 0 saturated carbocycles. The fraction of sp³-hybridized carbons (Fsp3) is 0.391. The van der Waals surface area contributed by atoms with Gasteiger partial charge in [-0.15, -0.1) is 0 Å². The van der Waals surface area contributed by atoms with Gasteiger partial charge in [-0.2, -0.15) is 9.57 Å². The Balaban J connectivity index is 2.26. The molecular formula is C23H30N4O5S. The molecular weight excluding hydrogens is 444 g/mol. The molecule has 0 atom stereocenters. The monoisotopic (exact) mass is 474 g/mol. The molecule has 0 heterocycles. The molecule has 0 fully saturated rings. The van der Waals surface area contributed by atoms with Crippen LogP contribution in [0.1, 0.15) is 26.3 Å². The highest BCUT2D eigenvalue weighted by atomic mass is 32.2. The number of anilines is 2. The van der Waals surface area contributed by atoms with Gasteiger partial charge in [0.1, 0.15) is 0 Å². The molecule has 33 heavy (non-hydrogen) atoms. The second-order valence-electron chi connectivity index (χ2n) is 7.21. The molecule has 0 spiro atoms. The SMILES string of the molecule is CCOc1cc(C#N)ccc1OCC(=O)Nc1cc(S(=O)(=O)N(CC)CC)ccc1N(C)C. The van der Waals surface area contributed by atoms with Gasteiger partial charge in [0.25, 0.3) is 5.91 Å². The summed E-state index contributed by atoms with van der Waals surface area (Å²) in [6.45, 7) is 6.08. The number of nitrogens with zero attached hydrogens (tertiary/aromatic N) is 3. The lowest BCUT2D eigenvalue weighted by atomic mass is 10.2. The number of hydrogen-bond acceptors (Lipinski definition) is 7. The Kier molecular flexibility index (Phi) is 9.08. The number of rotatable bonds is 11. The van der Waals surface area contributed by atoms with Crippen LogP contribution in [0.4, 0.5) is 11.4 Å². The van der Waals surface area contributed by atoms with Crippen molar-refractivity contribution in [2.24, 2.45) is 0 Å². The summed E-state index contributed by atoms with van der Waals surface area (Å²) in [5.74, 6) is 0.227. The summed E-state index contributed by atoms with van der Waals surface area (Å²) in [5, 5.41) is 11.8. The van der Waals surface area contributed by atoms with Crippen LogP contribution in [0.2, 0.25) is 0 Å². The maximum Gasteiger partial charge on any atom is 0.262 e. The third-order valence-corrected chi connectivity index (χ3v) is 6.84. The lowest BCUT2D eigenvalue weighted by Crippen LogP contribution is -2.31. The maximum atomic E-state index is 12.9. The summed E-state index contributed by atoms with van der Waals surface area (Å²) in [6.07, 6.45) is 0. The molecule has 0 aliphatic rings. The van der Waals surface area contributed by atoms with Crippen molar-refractivity contribution in [2.45, 2.75) is 25.7 Å². The van der Waals surface area contributed by atoms with Crippen LogP contribution in [0.15, 0.2) is 41.3 Å². The van der Waals surface area contributed by atoms with Crippen molar-refractivity contribution in [1.82, 2.24) is 4.31 Å². The standard InChI is InChI=1S/C23H30N4O5S/c1-6-27(7-2)33(29,30)18-10-11-20(26(4)5)19(14-18)25-23(28)16-32-21-12-9-17(15-24)13-22(21)31-8-3/h9-14H,6-8,16H2,1-5H3,(H,25,28). The second kappa shape index (κ2) is 11.5. The number of nitrogens with one attached hydrogen (secondary N) is 1. The third kappa shape index (κ3) is 6.37. The quantitative estimate of drug-likeness (QED) is 0.533. The average molecular weight is 475 g/mol. The van der Waals surface area contributed by atoms with E-state index >= 15 is 0 Å². The molecule has 9 nitrogen and oxygen atoms in total. The number of sulfonamides is 1. The van der Waals surface area contributed by atoms with Crippen LogP contribution in [-0.2, 0) is 14.8 Å². The lowest BCUT2D eigenvalue weighted by Gasteiger charge is -2.22. The van der Waals surface area contributed by atoms with Gasteiger partial charge in [-0.05, 0) is 37.3 Å². The normalized spacial score (nSPS) is 11.1. The van der Waals surface area contributed by atoms with E-state index in [0.717, 1.165) is 0 Å². The van der Waals surface area contributed by atoms with Crippen molar-refractivity contribution < 1.29 is 22.7 Å². The summed E-state index contributed by atoms with van der Waals surface area (Å²) in [5.41, 5.74) is 1.42. The van der Waals surface area contributed by atoms with Crippen LogP contribution >= 0.6 is 0 Å². The molecule has 2 aromatic rings. The number of ether oxygens (including phenoxy) is 2. The van der Waals surface area contributed by atoms with Crippen LogP contribution in [0.25, 0.3) is 0 Å². The summed E-state index contributed by atoms with van der Waals surface area (Å²) in [6, 6.07) is 11.3. The van der Waals surface area contributed by atoms with Crippen molar-refractivity contribution in [3.05, 3.63) is 42.0 Å². The Morgan fingerprint density at radius 1 is 1.03 bits per heavy atom. The molecule has 2 aromatic carbocycles. The lowest BCUT2D eigenvalue weighted by molar-refractivity contribution is -0.118. The summed E-state index contributed by atoms with van der Waals surface area (Å²) in [4.78, 5) is 14.5. The van der Waals surface area contributed by atoms with E-state index in [-0.39, 0.29) is 11.5 Å². The Morgan fingerprint density at radius 3 is 2.30 bits per heavy atom. The van der Waals surface area contributed by atoms with Gasteiger partial charge in [0.05, 0.1) is 34.5 Å². The minimum Gasteiger partial charge on any atom is -0.490 e. The maximum absolute atomic E-state index is 12.9. The molecule has 0 radical (unpaired) electrons. The molecule has 0 aromatic heterocycles. The molecule has 1 N–H and O–H groups in total. The Morgan fingerprint density at radius 2 is 1.73 bits per heavy atom. The van der Waals surface area contributed by atoms with E-state index in [9.17, 15) is 13.2 Å². The van der Waals surface area contributed by atoms with Crippen LogP contribution in [0.3, 0.4) is 0 Å². The summed E-state index contributed by atoms with van der Waals surface area (Å²) in [7, 11) is -0.0928. The highest BCUT2D eigenvalue weighted by Crippen LogP contribution is 2.30. The van der Waals surface area contributed by atoms with Gasteiger partial charge in [-0.3, -0.25) is 4.79 Å². The average Bonchev–Trinajstić information content (AvgIpc) is 2.78. The van der Waals surface area contributed by atoms with Crippen LogP contribution in [0, 0.1) is 11.3 Å². The van der Waals surface area contributed by atoms with Gasteiger partial charge in [0, 0.05) is 33.3 Å². The van der Waals surface area contributed by atoms with Gasteiger partial charge in [0.15, 0.2) is 18.1 Å². The minimum atomic E-state index is -3.69. The Hall–Kier alpha value is -3.29. The van der Waals surface area contributed by atoms with E-state index < -0.39 is 15.9 Å². The van der Waals surface area contributed by atoms with E-state index in [4.69, 9.17) is 14.7 Å². The first kappa shape index (κ1) is 26.0. The molecule has 0 aliphatic carbocycles. The van der Waals surface area contributed by atoms with Gasteiger partial charge in [-0.1, -0.05) is 13.8 Å². The Bertz CT molecular complexity index is 1120. The summed E-state index contributed by atoms with van der Waals surface area (Å²) >= 11 is 0. The van der Waals surface area contributed by atoms with Crippen molar-refractivity contribution in [1.29, 1.82) is 5.26 Å². The van der Waals surface area contributed by atoms with Gasteiger partial charge >= 0.3 is 0 Å². The first-order valence-electron chi connectivity index (χ1n) is 10.6. The molecule has 2 rings (SSSR count). The molecule has 178 valence electrons. The van der Waals surface area contributed by atoms with Gasteiger partial charge in [-0.25, -0.2) is 8.42 Å². The van der Waals surface area contributed by atoms with E-state index in [1.54, 1.807) is 64.0 Å². The minimum absolute atomic E-state index is 0.0961. The zero-order valence-electron chi connectivity index (χ0n) is 19.6. The van der Waals surface area contributed by atoms with Crippen LogP contribution in [0.5, 0.6) is 11.5 Å². The number of nitriles is 1. The summed E-state index contributed by atoms with van der Waals surface area (Å²) < 4.78 is 38.3. The zero-order chi connectivity index (χ0) is 24.6. The zero-order valence-corrected chi connectivity index (χ0v) is 20.4. The first-order chi connectivity index (χ1) is 15.7. The third-order valence-electron chi connectivity index (χ3n) is 4.80. The number of amides is 1. The van der Waals surface area contributed by atoms with Crippen LogP contribution < -0.4 is 19.7 Å². The topological polar surface area (TPSA) is 112 Å². The van der Waals surface area contributed by atoms with Crippen molar-refractivity contribution in [3.63, 3.8) is 0 Å². The van der Waals surface area contributed by atoms with E-state index in [1.165, 1.54) is 16.4 Å². The van der Waals surface area contributed by atoms with Crippen molar-refractivity contribution in [3.8, 4) is 17.6 Å². The highest BCUT2D eigenvalue weighted by molar-refractivity contribution is 7.89. The first-order valence-corrected chi connectivity index (χ1v) is 12.0. The van der Waals surface area contributed by atoms with Crippen molar-refractivity contribution in [2.75, 3.05) is 50.6 Å². The van der Waals surface area contributed by atoms with E-state index in [1.807, 2.05) is 6.07 Å². The predicted octanol–water partition coefficient (Wildman–Crippen LogP) is 3.07. The molecule has 0 unspecified atom stereocenters. The fourth-order valence-electron chi connectivity index (χ4n) is 3.17. The molecule has 0 bridgehead atoms. The smallest absolute Gasteiger partial charge is 0.262 e. The largest absolute Gasteiger partial charge is 0.490 e. The molecule has 10 heteroatoms. The molecule has 1 amide bonds. The predicted molar refractivity (Wildman–Crippen MR) is 127 cm³/mol. The van der Waals surface area contributed by atoms with Crippen molar-refractivity contribution >= 4 is 27.3 Å². The number of carbonyl (C=O) groups is 1. The highest BCUT2D eigenvalue weighted by Gasteiger charge is 2.23. The molecule has 0 aliphatic heterocycles.